The number of benzene rings is 1. The van der Waals surface area contributed by atoms with Gasteiger partial charge in [0.1, 0.15) is 5.82 Å². The van der Waals surface area contributed by atoms with Crippen molar-refractivity contribution in [1.82, 2.24) is 5.32 Å². The first kappa shape index (κ1) is 13.8. The lowest BCUT2D eigenvalue weighted by Gasteiger charge is -2.34. The van der Waals surface area contributed by atoms with Crippen molar-refractivity contribution < 1.29 is 12.8 Å². The molecule has 1 spiro atoms. The number of hydrogen-bond donors (Lipinski definition) is 1. The Morgan fingerprint density at radius 1 is 1.35 bits per heavy atom. The van der Waals surface area contributed by atoms with Crippen molar-refractivity contribution in [3.8, 4) is 0 Å². The largest absolute Gasteiger partial charge is 0.317 e. The lowest BCUT2D eigenvalue weighted by molar-refractivity contribution is 0.330. The number of sulfonamides is 1. The summed E-state index contributed by atoms with van der Waals surface area (Å²) in [6.45, 7) is 3.82. The quantitative estimate of drug-likeness (QED) is 0.902. The van der Waals surface area contributed by atoms with Gasteiger partial charge in [0.25, 0.3) is 0 Å². The van der Waals surface area contributed by atoms with E-state index in [4.69, 9.17) is 0 Å². The van der Waals surface area contributed by atoms with Gasteiger partial charge in [-0.1, -0.05) is 6.07 Å². The van der Waals surface area contributed by atoms with E-state index in [-0.39, 0.29) is 17.0 Å². The third kappa shape index (κ3) is 2.02. The average molecular weight is 298 g/mol. The van der Waals surface area contributed by atoms with Crippen LogP contribution in [-0.2, 0) is 15.4 Å². The highest BCUT2D eigenvalue weighted by Crippen LogP contribution is 2.47. The van der Waals surface area contributed by atoms with E-state index in [1.807, 2.05) is 0 Å². The van der Waals surface area contributed by atoms with E-state index in [9.17, 15) is 12.8 Å². The summed E-state index contributed by atoms with van der Waals surface area (Å²) in [5.74, 6) is -0.344. The van der Waals surface area contributed by atoms with Gasteiger partial charge in [-0.3, -0.25) is 4.31 Å². The lowest BCUT2D eigenvalue weighted by Crippen LogP contribution is -2.44. The molecule has 4 nitrogen and oxygen atoms in total. The first-order valence-corrected chi connectivity index (χ1v) is 8.61. The van der Waals surface area contributed by atoms with Gasteiger partial charge < -0.3 is 5.32 Å². The molecule has 0 bridgehead atoms. The number of hydrogen-bond acceptors (Lipinski definition) is 3. The molecule has 0 amide bonds. The molecule has 3 rings (SSSR count). The molecule has 110 valence electrons. The van der Waals surface area contributed by atoms with Crippen LogP contribution in [-0.4, -0.2) is 33.8 Å². The summed E-state index contributed by atoms with van der Waals surface area (Å²) in [7, 11) is -3.36. The lowest BCUT2D eigenvalue weighted by atomic mass is 9.75. The Balaban J connectivity index is 2.13. The van der Waals surface area contributed by atoms with E-state index in [1.165, 1.54) is 16.4 Å². The van der Waals surface area contributed by atoms with Gasteiger partial charge in [-0.05, 0) is 50.6 Å². The molecule has 6 heteroatoms. The van der Waals surface area contributed by atoms with E-state index in [0.29, 0.717) is 12.2 Å². The third-order valence-corrected chi connectivity index (χ3v) is 6.23. The fourth-order valence-corrected chi connectivity index (χ4v) is 4.55. The zero-order valence-electron chi connectivity index (χ0n) is 11.5. The van der Waals surface area contributed by atoms with Gasteiger partial charge in [0.05, 0.1) is 11.4 Å². The maximum Gasteiger partial charge on any atom is 0.234 e. The molecule has 0 aliphatic carbocycles. The second-order valence-corrected chi connectivity index (χ2v) is 7.78. The normalized spacial score (nSPS) is 21.2. The zero-order valence-corrected chi connectivity index (χ0v) is 12.3. The number of anilines is 1. The van der Waals surface area contributed by atoms with Crippen molar-refractivity contribution in [2.75, 3.05) is 29.7 Å². The molecule has 0 unspecified atom stereocenters. The maximum absolute atomic E-state index is 13.5. The van der Waals surface area contributed by atoms with Gasteiger partial charge in [-0.2, -0.15) is 0 Å². The van der Waals surface area contributed by atoms with Crippen LogP contribution in [0.25, 0.3) is 0 Å². The average Bonchev–Trinajstić information content (AvgIpc) is 2.74. The van der Waals surface area contributed by atoms with Crippen LogP contribution in [0.2, 0.25) is 0 Å². The van der Waals surface area contributed by atoms with Crippen LogP contribution in [0.15, 0.2) is 18.2 Å². The predicted molar refractivity (Wildman–Crippen MR) is 77.0 cm³/mol. The first-order valence-electron chi connectivity index (χ1n) is 7.00. The summed E-state index contributed by atoms with van der Waals surface area (Å²) in [4.78, 5) is 0. The topological polar surface area (TPSA) is 49.4 Å². The number of halogens is 1. The Bertz CT molecular complexity index is 624. The van der Waals surface area contributed by atoms with E-state index in [0.717, 1.165) is 31.5 Å². The zero-order chi connectivity index (χ0) is 14.4. The number of nitrogens with zero attached hydrogens (tertiary/aromatic N) is 1. The standard InChI is InChI=1S/C14H19FN2O2S/c1-2-20(18,19)17-10-14(5-7-16-8-6-14)12-4-3-11(15)9-13(12)17/h3-4,9,16H,2,5-8,10H2,1H3. The van der Waals surface area contributed by atoms with Crippen LogP contribution >= 0.6 is 0 Å². The minimum atomic E-state index is -3.36. The summed E-state index contributed by atoms with van der Waals surface area (Å²) in [5, 5.41) is 3.30. The second-order valence-electron chi connectivity index (χ2n) is 5.60. The molecule has 1 fully saturated rings. The van der Waals surface area contributed by atoms with Crippen molar-refractivity contribution in [2.24, 2.45) is 0 Å². The molecule has 1 aromatic carbocycles. The van der Waals surface area contributed by atoms with E-state index >= 15 is 0 Å². The molecule has 1 aromatic rings. The molecule has 1 N–H and O–H groups in total. The SMILES string of the molecule is CCS(=O)(=O)N1CC2(CCNCC2)c2ccc(F)cc21. The Morgan fingerprint density at radius 3 is 2.70 bits per heavy atom. The molecule has 0 atom stereocenters. The molecule has 20 heavy (non-hydrogen) atoms. The predicted octanol–water partition coefficient (Wildman–Crippen LogP) is 1.62. The van der Waals surface area contributed by atoms with Crippen molar-refractivity contribution in [3.63, 3.8) is 0 Å². The summed E-state index contributed by atoms with van der Waals surface area (Å²) in [5.41, 5.74) is 1.36. The van der Waals surface area contributed by atoms with Crippen molar-refractivity contribution in [1.29, 1.82) is 0 Å². The first-order chi connectivity index (χ1) is 9.48. The van der Waals surface area contributed by atoms with E-state index in [1.54, 1.807) is 13.0 Å². The highest BCUT2D eigenvalue weighted by molar-refractivity contribution is 7.92. The summed E-state index contributed by atoms with van der Waals surface area (Å²) in [6.07, 6.45) is 1.78. The molecule has 0 aromatic heterocycles. The summed E-state index contributed by atoms with van der Waals surface area (Å²) < 4.78 is 39.5. The second kappa shape index (κ2) is 4.70. The van der Waals surface area contributed by atoms with Crippen molar-refractivity contribution >= 4 is 15.7 Å². The Hall–Kier alpha value is -1.14. The monoisotopic (exact) mass is 298 g/mol. The van der Waals surface area contributed by atoms with Gasteiger partial charge >= 0.3 is 0 Å². The highest BCUT2D eigenvalue weighted by atomic mass is 32.2. The van der Waals surface area contributed by atoms with Crippen molar-refractivity contribution in [2.45, 2.75) is 25.2 Å². The van der Waals surface area contributed by atoms with E-state index in [2.05, 4.69) is 5.32 Å². The maximum atomic E-state index is 13.5. The van der Waals surface area contributed by atoms with Gasteiger partial charge in [0.15, 0.2) is 0 Å². The molecular formula is C14H19FN2O2S. The molecule has 0 saturated carbocycles. The highest BCUT2D eigenvalue weighted by Gasteiger charge is 2.46. The van der Waals surface area contributed by atoms with Gasteiger partial charge in [0.2, 0.25) is 10.0 Å². The fourth-order valence-electron chi connectivity index (χ4n) is 3.34. The van der Waals surface area contributed by atoms with Gasteiger partial charge in [-0.25, -0.2) is 12.8 Å². The number of rotatable bonds is 2. The molecule has 0 radical (unpaired) electrons. The number of fused-ring (bicyclic) bond motifs is 2. The fraction of sp³-hybridized carbons (Fsp3) is 0.571. The Morgan fingerprint density at radius 2 is 2.05 bits per heavy atom. The Kier molecular flexibility index (Phi) is 3.25. The Labute approximate surface area is 119 Å². The van der Waals surface area contributed by atoms with Crippen LogP contribution in [0.4, 0.5) is 10.1 Å². The van der Waals surface area contributed by atoms with Gasteiger partial charge in [-0.15, -0.1) is 0 Å². The minimum Gasteiger partial charge on any atom is -0.317 e. The minimum absolute atomic E-state index is 0.0390. The van der Waals surface area contributed by atoms with Gasteiger partial charge in [0, 0.05) is 12.0 Å². The summed E-state index contributed by atoms with van der Waals surface area (Å²) >= 11 is 0. The van der Waals surface area contributed by atoms with E-state index < -0.39 is 10.0 Å². The third-order valence-electron chi connectivity index (χ3n) is 4.51. The van der Waals surface area contributed by atoms with Crippen LogP contribution < -0.4 is 9.62 Å². The molecule has 1 saturated heterocycles. The van der Waals surface area contributed by atoms with Crippen LogP contribution in [0, 0.1) is 5.82 Å². The number of nitrogens with one attached hydrogen (secondary N) is 1. The van der Waals surface area contributed by atoms with Crippen LogP contribution in [0.3, 0.4) is 0 Å². The van der Waals surface area contributed by atoms with Crippen LogP contribution in [0.1, 0.15) is 25.3 Å². The smallest absolute Gasteiger partial charge is 0.234 e. The van der Waals surface area contributed by atoms with Crippen LogP contribution in [0.5, 0.6) is 0 Å². The molecule has 2 heterocycles. The molecule has 2 aliphatic heterocycles. The molecule has 2 aliphatic rings. The number of piperidine rings is 1. The summed E-state index contributed by atoms with van der Waals surface area (Å²) in [6, 6.07) is 4.56. The van der Waals surface area contributed by atoms with Crippen molar-refractivity contribution in [3.05, 3.63) is 29.6 Å². The molecular weight excluding hydrogens is 279 g/mol.